The van der Waals surface area contributed by atoms with Crippen molar-refractivity contribution in [1.82, 2.24) is 29.8 Å². The first-order valence-corrected chi connectivity index (χ1v) is 11.1. The SMILES string of the molecule is CCn1nc(CN2CCC(CNC(=O)c3c(C)nn(C)c3C)CC2)c2c1CCOC2. The summed E-state index contributed by atoms with van der Waals surface area (Å²) in [6.45, 7) is 12.1. The van der Waals surface area contributed by atoms with Gasteiger partial charge in [-0.05, 0) is 52.6 Å². The molecule has 8 heteroatoms. The Hall–Kier alpha value is -2.19. The zero-order chi connectivity index (χ0) is 21.3. The van der Waals surface area contributed by atoms with E-state index in [1.165, 1.54) is 17.0 Å². The molecule has 0 radical (unpaired) electrons. The van der Waals surface area contributed by atoms with Crippen LogP contribution < -0.4 is 5.32 Å². The minimum atomic E-state index is -0.00253. The third-order valence-corrected chi connectivity index (χ3v) is 6.65. The second-order valence-electron chi connectivity index (χ2n) is 8.59. The quantitative estimate of drug-likeness (QED) is 0.782. The number of rotatable bonds is 6. The number of nitrogens with one attached hydrogen (secondary N) is 1. The number of nitrogens with zero attached hydrogens (tertiary/aromatic N) is 5. The van der Waals surface area contributed by atoms with E-state index in [1.807, 2.05) is 20.9 Å². The molecule has 1 saturated heterocycles. The molecule has 4 heterocycles. The fourth-order valence-electron chi connectivity index (χ4n) is 4.76. The van der Waals surface area contributed by atoms with E-state index in [0.717, 1.165) is 70.0 Å². The van der Waals surface area contributed by atoms with E-state index in [1.54, 1.807) is 4.68 Å². The van der Waals surface area contributed by atoms with Crippen LogP contribution in [0.25, 0.3) is 0 Å². The van der Waals surface area contributed by atoms with Crippen LogP contribution in [0.15, 0.2) is 0 Å². The molecule has 4 rings (SSSR count). The van der Waals surface area contributed by atoms with E-state index < -0.39 is 0 Å². The molecule has 0 unspecified atom stereocenters. The van der Waals surface area contributed by atoms with Gasteiger partial charge in [0.05, 0.1) is 30.2 Å². The molecular formula is C22H34N6O2. The average Bonchev–Trinajstić information content (AvgIpc) is 3.23. The van der Waals surface area contributed by atoms with Gasteiger partial charge in [-0.3, -0.25) is 19.1 Å². The molecule has 0 spiro atoms. The fourth-order valence-corrected chi connectivity index (χ4v) is 4.76. The molecule has 30 heavy (non-hydrogen) atoms. The summed E-state index contributed by atoms with van der Waals surface area (Å²) in [6, 6.07) is 0. The van der Waals surface area contributed by atoms with Crippen molar-refractivity contribution in [2.45, 2.75) is 59.7 Å². The Bertz CT molecular complexity index is 907. The molecule has 0 saturated carbocycles. The molecule has 2 aromatic heterocycles. The van der Waals surface area contributed by atoms with Crippen LogP contribution in [-0.4, -0.2) is 56.6 Å². The molecule has 0 aromatic carbocycles. The van der Waals surface area contributed by atoms with Crippen LogP contribution in [0, 0.1) is 19.8 Å². The van der Waals surface area contributed by atoms with Gasteiger partial charge in [-0.25, -0.2) is 0 Å². The normalized spacial score (nSPS) is 17.9. The molecule has 164 valence electrons. The average molecular weight is 415 g/mol. The smallest absolute Gasteiger partial charge is 0.255 e. The Morgan fingerprint density at radius 3 is 2.67 bits per heavy atom. The van der Waals surface area contributed by atoms with Gasteiger partial charge < -0.3 is 10.1 Å². The van der Waals surface area contributed by atoms with Crippen molar-refractivity contribution in [2.75, 3.05) is 26.2 Å². The number of fused-ring (bicyclic) bond motifs is 1. The van der Waals surface area contributed by atoms with Crippen molar-refractivity contribution in [3.63, 3.8) is 0 Å². The van der Waals surface area contributed by atoms with Crippen LogP contribution in [0.3, 0.4) is 0 Å². The van der Waals surface area contributed by atoms with Crippen molar-refractivity contribution >= 4 is 5.91 Å². The number of ether oxygens (including phenoxy) is 1. The summed E-state index contributed by atoms with van der Waals surface area (Å²) in [5.41, 5.74) is 6.27. The fraction of sp³-hybridized carbons (Fsp3) is 0.682. The predicted octanol–water partition coefficient (Wildman–Crippen LogP) is 1.97. The standard InChI is InChI=1S/C22H34N6O2/c1-5-28-20-8-11-30-14-18(20)19(25-28)13-27-9-6-17(7-10-27)12-23-22(29)21-15(2)24-26(4)16(21)3/h17H,5-14H2,1-4H3,(H,23,29). The molecule has 2 aliphatic rings. The molecule has 1 fully saturated rings. The maximum Gasteiger partial charge on any atom is 0.255 e. The Labute approximate surface area is 178 Å². The molecule has 2 aromatic rings. The highest BCUT2D eigenvalue weighted by Gasteiger charge is 2.25. The van der Waals surface area contributed by atoms with E-state index in [0.29, 0.717) is 18.1 Å². The zero-order valence-electron chi connectivity index (χ0n) is 18.7. The first-order valence-electron chi connectivity index (χ1n) is 11.1. The van der Waals surface area contributed by atoms with E-state index in [9.17, 15) is 4.79 Å². The van der Waals surface area contributed by atoms with Gasteiger partial charge in [0.2, 0.25) is 0 Å². The van der Waals surface area contributed by atoms with E-state index in [4.69, 9.17) is 9.84 Å². The van der Waals surface area contributed by atoms with Crippen LogP contribution in [0.5, 0.6) is 0 Å². The van der Waals surface area contributed by atoms with Crippen molar-refractivity contribution in [3.05, 3.63) is 33.9 Å². The number of amides is 1. The van der Waals surface area contributed by atoms with Crippen molar-refractivity contribution in [1.29, 1.82) is 0 Å². The molecule has 0 aliphatic carbocycles. The van der Waals surface area contributed by atoms with Crippen LogP contribution in [-0.2, 0) is 37.9 Å². The Morgan fingerprint density at radius 2 is 2.00 bits per heavy atom. The minimum Gasteiger partial charge on any atom is -0.376 e. The monoisotopic (exact) mass is 414 g/mol. The summed E-state index contributed by atoms with van der Waals surface area (Å²) in [7, 11) is 1.88. The largest absolute Gasteiger partial charge is 0.376 e. The molecule has 1 N–H and O–H groups in total. The summed E-state index contributed by atoms with van der Waals surface area (Å²) in [4.78, 5) is 15.1. The number of aryl methyl sites for hydroxylation is 3. The van der Waals surface area contributed by atoms with Crippen molar-refractivity contribution in [3.8, 4) is 0 Å². The lowest BCUT2D eigenvalue weighted by molar-refractivity contribution is 0.0933. The van der Waals surface area contributed by atoms with Gasteiger partial charge in [0.1, 0.15) is 0 Å². The summed E-state index contributed by atoms with van der Waals surface area (Å²) in [5.74, 6) is 0.519. The Kier molecular flexibility index (Phi) is 6.24. The van der Waals surface area contributed by atoms with Crippen LogP contribution in [0.4, 0.5) is 0 Å². The van der Waals surface area contributed by atoms with Gasteiger partial charge in [-0.2, -0.15) is 10.2 Å². The maximum atomic E-state index is 12.6. The lowest BCUT2D eigenvalue weighted by atomic mass is 9.96. The number of carbonyl (C=O) groups excluding carboxylic acids is 1. The highest BCUT2D eigenvalue weighted by Crippen LogP contribution is 2.24. The van der Waals surface area contributed by atoms with Gasteiger partial charge in [0, 0.05) is 50.1 Å². The third-order valence-electron chi connectivity index (χ3n) is 6.65. The number of likely N-dealkylation sites (tertiary alicyclic amines) is 1. The van der Waals surface area contributed by atoms with E-state index in [2.05, 4.69) is 26.9 Å². The third kappa shape index (κ3) is 4.16. The van der Waals surface area contributed by atoms with E-state index >= 15 is 0 Å². The second-order valence-corrected chi connectivity index (χ2v) is 8.59. The van der Waals surface area contributed by atoms with Crippen molar-refractivity contribution in [2.24, 2.45) is 13.0 Å². The number of hydrogen-bond donors (Lipinski definition) is 1. The van der Waals surface area contributed by atoms with Crippen LogP contribution >= 0.6 is 0 Å². The first kappa shape index (κ1) is 21.1. The number of piperidine rings is 1. The number of hydrogen-bond acceptors (Lipinski definition) is 5. The topological polar surface area (TPSA) is 77.2 Å². The highest BCUT2D eigenvalue weighted by atomic mass is 16.5. The highest BCUT2D eigenvalue weighted by molar-refractivity contribution is 5.96. The Morgan fingerprint density at radius 1 is 1.23 bits per heavy atom. The first-order chi connectivity index (χ1) is 14.5. The lowest BCUT2D eigenvalue weighted by Crippen LogP contribution is -2.38. The predicted molar refractivity (Wildman–Crippen MR) is 114 cm³/mol. The van der Waals surface area contributed by atoms with Gasteiger partial charge in [0.15, 0.2) is 0 Å². The molecule has 1 amide bonds. The summed E-state index contributed by atoms with van der Waals surface area (Å²) in [6.07, 6.45) is 3.16. The molecular weight excluding hydrogens is 380 g/mol. The molecule has 8 nitrogen and oxygen atoms in total. The van der Waals surface area contributed by atoms with Gasteiger partial charge in [0.25, 0.3) is 5.91 Å². The van der Waals surface area contributed by atoms with E-state index in [-0.39, 0.29) is 5.91 Å². The van der Waals surface area contributed by atoms with Crippen LogP contribution in [0.1, 0.15) is 58.5 Å². The van der Waals surface area contributed by atoms with Gasteiger partial charge in [-0.15, -0.1) is 0 Å². The summed E-state index contributed by atoms with van der Waals surface area (Å²) >= 11 is 0. The lowest BCUT2D eigenvalue weighted by Gasteiger charge is -2.31. The van der Waals surface area contributed by atoms with Crippen LogP contribution in [0.2, 0.25) is 0 Å². The summed E-state index contributed by atoms with van der Waals surface area (Å²) in [5, 5.41) is 12.3. The van der Waals surface area contributed by atoms with Gasteiger partial charge >= 0.3 is 0 Å². The maximum absolute atomic E-state index is 12.6. The van der Waals surface area contributed by atoms with Gasteiger partial charge in [-0.1, -0.05) is 0 Å². The van der Waals surface area contributed by atoms with Crippen molar-refractivity contribution < 1.29 is 9.53 Å². The molecule has 2 aliphatic heterocycles. The molecule has 0 bridgehead atoms. The number of aromatic nitrogens is 4. The zero-order valence-corrected chi connectivity index (χ0v) is 18.7. The minimum absolute atomic E-state index is 0.00253. The molecule has 0 atom stereocenters. The Balaban J connectivity index is 1.28. The second kappa shape index (κ2) is 8.89. The number of carbonyl (C=O) groups is 1. The summed E-state index contributed by atoms with van der Waals surface area (Å²) < 4.78 is 9.61.